The topological polar surface area (TPSA) is 107 Å². The molecule has 0 aliphatic heterocycles. The summed E-state index contributed by atoms with van der Waals surface area (Å²) in [4.78, 5) is 14.0. The Balaban J connectivity index is 2.74. The first-order valence-corrected chi connectivity index (χ1v) is 4.52. The Bertz CT molecular complexity index is 338. The van der Waals surface area contributed by atoms with Crippen LogP contribution in [0, 0.1) is 0 Å². The summed E-state index contributed by atoms with van der Waals surface area (Å²) in [7, 11) is 0. The van der Waals surface area contributed by atoms with Gasteiger partial charge in [-0.1, -0.05) is 30.3 Å². The van der Waals surface area contributed by atoms with Crippen LogP contribution in [0.2, 0.25) is 0 Å². The molecule has 0 saturated carbocycles. The summed E-state index contributed by atoms with van der Waals surface area (Å²) < 4.78 is 0. The van der Waals surface area contributed by atoms with Crippen molar-refractivity contribution in [1.82, 2.24) is 0 Å². The lowest BCUT2D eigenvalue weighted by atomic mass is 10.0. The van der Waals surface area contributed by atoms with E-state index in [9.17, 15) is 20.1 Å². The molecule has 1 aromatic carbocycles. The monoisotopic (exact) mass is 228 g/mol. The molecule has 88 valence electrons. The maximum Gasteiger partial charge on any atom is 0.373 e. The number of hydrogen-bond acceptors (Lipinski definition) is 6. The highest BCUT2D eigenvalue weighted by molar-refractivity contribution is 5.74. The normalized spacial score (nSPS) is 16.2. The molecule has 3 atom stereocenters. The second-order valence-electron chi connectivity index (χ2n) is 3.20. The van der Waals surface area contributed by atoms with Gasteiger partial charge in [-0.15, -0.1) is 0 Å². The predicted molar refractivity (Wildman–Crippen MR) is 52.1 cm³/mol. The van der Waals surface area contributed by atoms with Crippen LogP contribution in [-0.2, 0) is 9.68 Å². The zero-order valence-corrected chi connectivity index (χ0v) is 8.22. The average molecular weight is 228 g/mol. The van der Waals surface area contributed by atoms with Crippen molar-refractivity contribution in [2.45, 2.75) is 18.3 Å². The van der Waals surface area contributed by atoms with E-state index in [0.29, 0.717) is 5.56 Å². The van der Waals surface area contributed by atoms with Crippen molar-refractivity contribution in [3.63, 3.8) is 0 Å². The Hall–Kier alpha value is -1.47. The van der Waals surface area contributed by atoms with Crippen molar-refractivity contribution in [3.05, 3.63) is 35.9 Å². The van der Waals surface area contributed by atoms with Crippen molar-refractivity contribution in [3.8, 4) is 0 Å². The molecule has 0 bridgehead atoms. The third-order valence-corrected chi connectivity index (χ3v) is 2.12. The minimum absolute atomic E-state index is 0.333. The molecule has 0 radical (unpaired) electrons. The van der Waals surface area contributed by atoms with E-state index in [1.807, 2.05) is 0 Å². The number of aliphatic hydroxyl groups excluding tert-OH is 3. The lowest BCUT2D eigenvalue weighted by Crippen LogP contribution is -2.39. The number of hydrogen-bond donors (Lipinski definition) is 4. The molecular weight excluding hydrogens is 216 g/mol. The van der Waals surface area contributed by atoms with Crippen LogP contribution in [0.5, 0.6) is 0 Å². The van der Waals surface area contributed by atoms with Gasteiger partial charge in [-0.2, -0.15) is 5.26 Å². The molecule has 0 aromatic heterocycles. The van der Waals surface area contributed by atoms with Gasteiger partial charge in [0.05, 0.1) is 0 Å². The van der Waals surface area contributed by atoms with Gasteiger partial charge >= 0.3 is 5.97 Å². The third-order valence-electron chi connectivity index (χ3n) is 2.12. The maximum atomic E-state index is 10.7. The Morgan fingerprint density at radius 2 is 1.69 bits per heavy atom. The minimum atomic E-state index is -2.01. The molecule has 1 rings (SSSR count). The summed E-state index contributed by atoms with van der Waals surface area (Å²) in [5.74, 6) is -1.43. The molecule has 0 amide bonds. The fourth-order valence-electron chi connectivity index (χ4n) is 1.21. The van der Waals surface area contributed by atoms with E-state index in [1.165, 1.54) is 12.1 Å². The second-order valence-corrected chi connectivity index (χ2v) is 3.20. The maximum absolute atomic E-state index is 10.7. The molecular formula is C10H12O6. The zero-order chi connectivity index (χ0) is 12.1. The molecule has 0 saturated heterocycles. The van der Waals surface area contributed by atoms with Gasteiger partial charge in [0.25, 0.3) is 0 Å². The van der Waals surface area contributed by atoms with Crippen molar-refractivity contribution in [1.29, 1.82) is 0 Å². The van der Waals surface area contributed by atoms with Gasteiger partial charge in [-0.3, -0.25) is 4.89 Å². The highest BCUT2D eigenvalue weighted by Crippen LogP contribution is 2.19. The molecule has 0 heterocycles. The number of rotatable bonds is 4. The molecule has 6 heteroatoms. The zero-order valence-electron chi connectivity index (χ0n) is 8.22. The average Bonchev–Trinajstić information content (AvgIpc) is 2.36. The summed E-state index contributed by atoms with van der Waals surface area (Å²) in [5, 5.41) is 36.2. The fourth-order valence-corrected chi connectivity index (χ4v) is 1.21. The fraction of sp³-hybridized carbons (Fsp3) is 0.300. The van der Waals surface area contributed by atoms with Gasteiger partial charge in [-0.05, 0) is 5.56 Å². The van der Waals surface area contributed by atoms with Gasteiger partial charge in [-0.25, -0.2) is 4.79 Å². The van der Waals surface area contributed by atoms with E-state index >= 15 is 0 Å². The Labute approximate surface area is 91.3 Å². The lowest BCUT2D eigenvalue weighted by Gasteiger charge is -2.20. The van der Waals surface area contributed by atoms with Gasteiger partial charge < -0.3 is 15.3 Å². The first kappa shape index (κ1) is 12.6. The molecule has 0 aliphatic rings. The summed E-state index contributed by atoms with van der Waals surface area (Å²) in [6, 6.07) is 8.00. The number of benzene rings is 1. The van der Waals surface area contributed by atoms with Crippen molar-refractivity contribution >= 4 is 5.97 Å². The van der Waals surface area contributed by atoms with E-state index in [-0.39, 0.29) is 0 Å². The quantitative estimate of drug-likeness (QED) is 0.407. The van der Waals surface area contributed by atoms with Crippen LogP contribution in [0.25, 0.3) is 0 Å². The minimum Gasteiger partial charge on any atom is -0.387 e. The number of carbonyl (C=O) groups excluding carboxylic acids is 1. The standard InChI is InChI=1S/C10H12O6/c11-7(6-4-2-1-3-5-6)8(12)9(13)10(14)16-15/h1-5,7-9,11-13,15H. The second kappa shape index (κ2) is 5.57. The summed E-state index contributed by atoms with van der Waals surface area (Å²) in [6.07, 6.45) is -5.24. The summed E-state index contributed by atoms with van der Waals surface area (Å²) >= 11 is 0. The summed E-state index contributed by atoms with van der Waals surface area (Å²) in [5.41, 5.74) is 0.333. The van der Waals surface area contributed by atoms with Crippen LogP contribution in [-0.4, -0.2) is 38.8 Å². The molecule has 16 heavy (non-hydrogen) atoms. The third kappa shape index (κ3) is 2.77. The lowest BCUT2D eigenvalue weighted by molar-refractivity contribution is -0.248. The highest BCUT2D eigenvalue weighted by Gasteiger charge is 2.32. The summed E-state index contributed by atoms with van der Waals surface area (Å²) in [6.45, 7) is 0. The molecule has 0 aliphatic carbocycles. The van der Waals surface area contributed by atoms with Crippen molar-refractivity contribution in [2.75, 3.05) is 0 Å². The number of aliphatic hydroxyl groups is 3. The molecule has 3 unspecified atom stereocenters. The Morgan fingerprint density at radius 3 is 2.19 bits per heavy atom. The molecule has 6 nitrogen and oxygen atoms in total. The van der Waals surface area contributed by atoms with Crippen molar-refractivity contribution < 1.29 is 30.3 Å². The first-order chi connectivity index (χ1) is 7.57. The Morgan fingerprint density at radius 1 is 1.12 bits per heavy atom. The van der Waals surface area contributed by atoms with Gasteiger partial charge in [0.2, 0.25) is 0 Å². The molecule has 0 fully saturated rings. The number of carbonyl (C=O) groups is 1. The highest BCUT2D eigenvalue weighted by atomic mass is 17.1. The Kier molecular flexibility index (Phi) is 4.39. The first-order valence-electron chi connectivity index (χ1n) is 4.52. The molecule has 0 spiro atoms. The molecule has 1 aromatic rings. The van der Waals surface area contributed by atoms with Gasteiger partial charge in [0, 0.05) is 0 Å². The van der Waals surface area contributed by atoms with Crippen LogP contribution < -0.4 is 0 Å². The predicted octanol–water partition coefficient (Wildman–Crippen LogP) is -0.542. The molecule has 4 N–H and O–H groups in total. The van der Waals surface area contributed by atoms with Crippen molar-refractivity contribution in [2.24, 2.45) is 0 Å². The van der Waals surface area contributed by atoms with Crippen LogP contribution in [0.15, 0.2) is 30.3 Å². The van der Waals surface area contributed by atoms with Gasteiger partial charge in [0.1, 0.15) is 12.2 Å². The smallest absolute Gasteiger partial charge is 0.373 e. The largest absolute Gasteiger partial charge is 0.387 e. The van der Waals surface area contributed by atoms with E-state index in [4.69, 9.17) is 5.26 Å². The van der Waals surface area contributed by atoms with E-state index in [2.05, 4.69) is 4.89 Å². The van der Waals surface area contributed by atoms with E-state index in [1.54, 1.807) is 18.2 Å². The van der Waals surface area contributed by atoms with Gasteiger partial charge in [0.15, 0.2) is 6.10 Å². The van der Waals surface area contributed by atoms with E-state index < -0.39 is 24.3 Å². The van der Waals surface area contributed by atoms with Crippen LogP contribution in [0.4, 0.5) is 0 Å². The van der Waals surface area contributed by atoms with Crippen LogP contribution >= 0.6 is 0 Å². The van der Waals surface area contributed by atoms with Crippen LogP contribution in [0.1, 0.15) is 11.7 Å². The SMILES string of the molecule is O=C(OO)C(O)C(O)C(O)c1ccccc1. The van der Waals surface area contributed by atoms with E-state index in [0.717, 1.165) is 0 Å². The van der Waals surface area contributed by atoms with Crippen LogP contribution in [0.3, 0.4) is 0 Å².